The lowest BCUT2D eigenvalue weighted by Gasteiger charge is -2.25. The molecule has 0 aliphatic heterocycles. The van der Waals surface area contributed by atoms with Crippen molar-refractivity contribution in [3.63, 3.8) is 0 Å². The Hall–Kier alpha value is -3.85. The van der Waals surface area contributed by atoms with Crippen molar-refractivity contribution < 1.29 is 22.7 Å². The largest absolute Gasteiger partial charge is 0.495 e. The smallest absolute Gasteiger partial charge is 0.264 e. The van der Waals surface area contributed by atoms with Crippen LogP contribution >= 0.6 is 0 Å². The van der Waals surface area contributed by atoms with Gasteiger partial charge in [-0.15, -0.1) is 0 Å². The molecule has 3 rings (SSSR count). The number of rotatable bonds is 8. The van der Waals surface area contributed by atoms with E-state index < -0.39 is 22.5 Å². The van der Waals surface area contributed by atoms with Crippen molar-refractivity contribution >= 4 is 38.9 Å². The highest BCUT2D eigenvalue weighted by atomic mass is 32.2. The lowest BCUT2D eigenvalue weighted by atomic mass is 10.2. The van der Waals surface area contributed by atoms with E-state index in [0.29, 0.717) is 17.1 Å². The minimum Gasteiger partial charge on any atom is -0.495 e. The predicted octanol–water partition coefficient (Wildman–Crippen LogP) is 3.49. The number of amides is 2. The Morgan fingerprint density at radius 1 is 0.844 bits per heavy atom. The number of sulfonamides is 1. The summed E-state index contributed by atoms with van der Waals surface area (Å²) in [5.74, 6) is -0.428. The van der Waals surface area contributed by atoms with Crippen molar-refractivity contribution in [2.75, 3.05) is 28.6 Å². The molecule has 32 heavy (non-hydrogen) atoms. The molecule has 2 amide bonds. The van der Waals surface area contributed by atoms with E-state index in [1.807, 2.05) is 0 Å². The lowest BCUT2D eigenvalue weighted by molar-refractivity contribution is -0.115. The first-order valence-electron chi connectivity index (χ1n) is 9.69. The van der Waals surface area contributed by atoms with Gasteiger partial charge in [-0.2, -0.15) is 0 Å². The molecule has 0 unspecified atom stereocenters. The summed E-state index contributed by atoms with van der Waals surface area (Å²) in [4.78, 5) is 24.0. The third-order valence-electron chi connectivity index (χ3n) is 4.46. The average molecular weight is 454 g/mol. The molecule has 0 spiro atoms. The first-order chi connectivity index (χ1) is 15.3. The van der Waals surface area contributed by atoms with Gasteiger partial charge >= 0.3 is 0 Å². The molecule has 166 valence electrons. The SMILES string of the molecule is COc1ccccc1N(CC(=O)Nc1ccc(NC(C)=O)cc1)S(=O)(=O)c1ccccc1. The maximum absolute atomic E-state index is 13.4. The second-order valence-corrected chi connectivity index (χ2v) is 8.67. The summed E-state index contributed by atoms with van der Waals surface area (Å²) in [5.41, 5.74) is 1.29. The molecule has 0 fully saturated rings. The van der Waals surface area contributed by atoms with E-state index in [1.54, 1.807) is 66.7 Å². The van der Waals surface area contributed by atoms with Gasteiger partial charge in [0.1, 0.15) is 12.3 Å². The van der Waals surface area contributed by atoms with Crippen LogP contribution in [-0.4, -0.2) is 33.9 Å². The maximum atomic E-state index is 13.4. The third-order valence-corrected chi connectivity index (χ3v) is 6.24. The number of para-hydroxylation sites is 2. The second-order valence-electron chi connectivity index (χ2n) is 6.80. The van der Waals surface area contributed by atoms with Crippen LogP contribution in [0.4, 0.5) is 17.1 Å². The predicted molar refractivity (Wildman–Crippen MR) is 123 cm³/mol. The average Bonchev–Trinajstić information content (AvgIpc) is 2.79. The Labute approximate surface area is 186 Å². The molecule has 0 bridgehead atoms. The van der Waals surface area contributed by atoms with Crippen LogP contribution in [0, 0.1) is 0 Å². The molecule has 0 atom stereocenters. The number of hydrogen-bond acceptors (Lipinski definition) is 5. The first-order valence-corrected chi connectivity index (χ1v) is 11.1. The van der Waals surface area contributed by atoms with Gasteiger partial charge in [0, 0.05) is 18.3 Å². The van der Waals surface area contributed by atoms with E-state index in [-0.39, 0.29) is 16.5 Å². The summed E-state index contributed by atoms with van der Waals surface area (Å²) in [6, 6.07) is 21.0. The highest BCUT2D eigenvalue weighted by Gasteiger charge is 2.29. The van der Waals surface area contributed by atoms with Crippen LogP contribution < -0.4 is 19.7 Å². The number of carbonyl (C=O) groups is 2. The van der Waals surface area contributed by atoms with Crippen molar-refractivity contribution in [1.82, 2.24) is 0 Å². The molecule has 0 aromatic heterocycles. The van der Waals surface area contributed by atoms with Gasteiger partial charge in [-0.05, 0) is 48.5 Å². The summed E-state index contributed by atoms with van der Waals surface area (Å²) in [6.07, 6.45) is 0. The Kier molecular flexibility index (Phi) is 7.11. The molecule has 0 heterocycles. The number of carbonyl (C=O) groups excluding carboxylic acids is 2. The van der Waals surface area contributed by atoms with Crippen molar-refractivity contribution in [1.29, 1.82) is 0 Å². The van der Waals surface area contributed by atoms with Gasteiger partial charge in [-0.25, -0.2) is 8.42 Å². The van der Waals surface area contributed by atoms with Gasteiger partial charge in [0.15, 0.2) is 0 Å². The molecule has 9 heteroatoms. The van der Waals surface area contributed by atoms with Crippen molar-refractivity contribution in [3.05, 3.63) is 78.9 Å². The molecule has 0 radical (unpaired) electrons. The van der Waals surface area contributed by atoms with Gasteiger partial charge in [-0.1, -0.05) is 30.3 Å². The minimum atomic E-state index is -4.05. The van der Waals surface area contributed by atoms with Gasteiger partial charge in [0.25, 0.3) is 10.0 Å². The third kappa shape index (κ3) is 5.44. The van der Waals surface area contributed by atoms with Crippen LogP contribution in [0.2, 0.25) is 0 Å². The van der Waals surface area contributed by atoms with Crippen LogP contribution in [0.3, 0.4) is 0 Å². The Morgan fingerprint density at radius 3 is 2.00 bits per heavy atom. The van der Waals surface area contributed by atoms with Gasteiger partial charge < -0.3 is 15.4 Å². The number of ether oxygens (including phenoxy) is 1. The Balaban J connectivity index is 1.89. The zero-order valence-corrected chi connectivity index (χ0v) is 18.4. The number of hydrogen-bond donors (Lipinski definition) is 2. The van der Waals surface area contributed by atoms with Crippen LogP contribution in [0.5, 0.6) is 5.75 Å². The van der Waals surface area contributed by atoms with Gasteiger partial charge in [-0.3, -0.25) is 13.9 Å². The van der Waals surface area contributed by atoms with E-state index in [2.05, 4.69) is 10.6 Å². The molecule has 3 aromatic rings. The van der Waals surface area contributed by atoms with E-state index in [9.17, 15) is 18.0 Å². The molecule has 0 saturated heterocycles. The summed E-state index contributed by atoms with van der Waals surface area (Å²) >= 11 is 0. The number of nitrogens with one attached hydrogen (secondary N) is 2. The van der Waals surface area contributed by atoms with Crippen LogP contribution in [0.15, 0.2) is 83.8 Å². The number of anilines is 3. The fraction of sp³-hybridized carbons (Fsp3) is 0.130. The fourth-order valence-corrected chi connectivity index (χ4v) is 4.48. The van der Waals surface area contributed by atoms with E-state index in [0.717, 1.165) is 4.31 Å². The summed E-state index contributed by atoms with van der Waals surface area (Å²) in [7, 11) is -2.62. The van der Waals surface area contributed by atoms with Crippen LogP contribution in [0.25, 0.3) is 0 Å². The highest BCUT2D eigenvalue weighted by Crippen LogP contribution is 2.32. The summed E-state index contributed by atoms with van der Waals surface area (Å²) < 4.78 is 33.1. The quantitative estimate of drug-likeness (QED) is 0.543. The number of nitrogens with zero attached hydrogens (tertiary/aromatic N) is 1. The first kappa shape index (κ1) is 22.8. The highest BCUT2D eigenvalue weighted by molar-refractivity contribution is 7.92. The molecule has 0 aliphatic rings. The monoisotopic (exact) mass is 453 g/mol. The lowest BCUT2D eigenvalue weighted by Crippen LogP contribution is -2.38. The number of methoxy groups -OCH3 is 1. The molecule has 0 aliphatic carbocycles. The van der Waals surface area contributed by atoms with Crippen LogP contribution in [-0.2, 0) is 19.6 Å². The molecule has 0 saturated carbocycles. The molecular formula is C23H23N3O5S. The maximum Gasteiger partial charge on any atom is 0.264 e. The standard InChI is InChI=1S/C23H23N3O5S/c1-17(27)24-18-12-14-19(15-13-18)25-23(28)16-26(21-10-6-7-11-22(21)31-2)32(29,30)20-8-4-3-5-9-20/h3-15H,16H2,1-2H3,(H,24,27)(H,25,28). The molecule has 3 aromatic carbocycles. The summed E-state index contributed by atoms with van der Waals surface area (Å²) in [5, 5.41) is 5.32. The molecule has 8 nitrogen and oxygen atoms in total. The Morgan fingerprint density at radius 2 is 1.41 bits per heavy atom. The number of benzene rings is 3. The van der Waals surface area contributed by atoms with Crippen LogP contribution in [0.1, 0.15) is 6.92 Å². The zero-order chi connectivity index (χ0) is 23.1. The van der Waals surface area contributed by atoms with Gasteiger partial charge in [0.2, 0.25) is 11.8 Å². The zero-order valence-electron chi connectivity index (χ0n) is 17.6. The van der Waals surface area contributed by atoms with E-state index in [1.165, 1.54) is 26.2 Å². The van der Waals surface area contributed by atoms with E-state index >= 15 is 0 Å². The van der Waals surface area contributed by atoms with Gasteiger partial charge in [0.05, 0.1) is 17.7 Å². The minimum absolute atomic E-state index is 0.0540. The normalized spacial score (nSPS) is 10.8. The van der Waals surface area contributed by atoms with Crippen molar-refractivity contribution in [3.8, 4) is 5.75 Å². The van der Waals surface area contributed by atoms with Crippen molar-refractivity contribution in [2.24, 2.45) is 0 Å². The second kappa shape index (κ2) is 9.97. The molecule has 2 N–H and O–H groups in total. The van der Waals surface area contributed by atoms with Crippen molar-refractivity contribution in [2.45, 2.75) is 11.8 Å². The Bertz CT molecular complexity index is 1200. The topological polar surface area (TPSA) is 105 Å². The fourth-order valence-electron chi connectivity index (χ4n) is 3.03. The summed E-state index contributed by atoms with van der Waals surface area (Å²) in [6.45, 7) is 0.931. The van der Waals surface area contributed by atoms with E-state index in [4.69, 9.17) is 4.74 Å². The molecular weight excluding hydrogens is 430 g/mol.